The molecule has 17 nitrogen and oxygen atoms in total. The molecule has 5 atom stereocenters. The summed E-state index contributed by atoms with van der Waals surface area (Å²) in [7, 11) is -9.93. The lowest BCUT2D eigenvalue weighted by Crippen LogP contribution is -2.30. The first-order valence-corrected chi connectivity index (χ1v) is 48.1. The zero-order chi connectivity index (χ0) is 77.6. The molecule has 0 aliphatic rings. The van der Waals surface area contributed by atoms with E-state index in [0.717, 1.165) is 95.8 Å². The number of unbranched alkanes of at least 4 members (excludes halogenated alkanes) is 59. The molecule has 0 aromatic carbocycles. The van der Waals surface area contributed by atoms with Crippen LogP contribution in [0.25, 0.3) is 0 Å². The third-order valence-electron chi connectivity index (χ3n) is 20.5. The molecule has 0 rings (SSSR count). The van der Waals surface area contributed by atoms with Gasteiger partial charge < -0.3 is 33.8 Å². The predicted octanol–water partition coefficient (Wildman–Crippen LogP) is 26.8. The smallest absolute Gasteiger partial charge is 0.462 e. The van der Waals surface area contributed by atoms with Gasteiger partial charge >= 0.3 is 39.5 Å². The summed E-state index contributed by atoms with van der Waals surface area (Å²) in [5.41, 5.74) is 0. The third kappa shape index (κ3) is 80.1. The molecular weight excluding hydrogens is 1380 g/mol. The van der Waals surface area contributed by atoms with Gasteiger partial charge in [-0.15, -0.1) is 0 Å². The number of aliphatic hydroxyl groups is 1. The second-order valence-electron chi connectivity index (χ2n) is 31.8. The van der Waals surface area contributed by atoms with E-state index < -0.39 is 97.5 Å². The van der Waals surface area contributed by atoms with Crippen LogP contribution in [-0.2, 0) is 65.4 Å². The van der Waals surface area contributed by atoms with Crippen LogP contribution < -0.4 is 0 Å². The summed E-state index contributed by atoms with van der Waals surface area (Å²) in [5, 5.41) is 10.7. The number of rotatable bonds is 87. The molecule has 0 saturated carbocycles. The Kier molecular flexibility index (Phi) is 78.2. The summed E-state index contributed by atoms with van der Waals surface area (Å²) in [6, 6.07) is 0. The molecule has 0 aliphatic heterocycles. The second kappa shape index (κ2) is 79.7. The van der Waals surface area contributed by atoms with E-state index in [1.54, 1.807) is 0 Å². The number of hydrogen-bond donors (Lipinski definition) is 3. The van der Waals surface area contributed by atoms with Gasteiger partial charge in [-0.3, -0.25) is 37.3 Å². The molecule has 630 valence electrons. The van der Waals surface area contributed by atoms with E-state index in [-0.39, 0.29) is 25.7 Å². The first kappa shape index (κ1) is 104. The molecule has 3 N–H and O–H groups in total. The number of ether oxygens (including phenoxy) is 4. The van der Waals surface area contributed by atoms with Crippen molar-refractivity contribution in [3.05, 3.63) is 0 Å². The molecule has 106 heavy (non-hydrogen) atoms. The topological polar surface area (TPSA) is 237 Å². The molecule has 0 aromatic heterocycles. The lowest BCUT2D eigenvalue weighted by molar-refractivity contribution is -0.161. The fraction of sp³-hybridized carbons (Fsp3) is 0.954. The summed E-state index contributed by atoms with van der Waals surface area (Å²) in [6.45, 7) is 7.35. The highest BCUT2D eigenvalue weighted by Crippen LogP contribution is 2.45. The fourth-order valence-corrected chi connectivity index (χ4v) is 15.2. The summed E-state index contributed by atoms with van der Waals surface area (Å²) in [4.78, 5) is 73.2. The molecule has 0 aliphatic carbocycles. The van der Waals surface area contributed by atoms with Crippen molar-refractivity contribution < 1.29 is 80.2 Å². The average Bonchev–Trinajstić information content (AvgIpc) is 0.921. The van der Waals surface area contributed by atoms with Crippen molar-refractivity contribution in [3.8, 4) is 0 Å². The van der Waals surface area contributed by atoms with Crippen molar-refractivity contribution in [3.63, 3.8) is 0 Å². The van der Waals surface area contributed by atoms with E-state index in [4.69, 9.17) is 37.0 Å². The van der Waals surface area contributed by atoms with Crippen molar-refractivity contribution >= 4 is 39.5 Å². The van der Waals surface area contributed by atoms with E-state index in [1.165, 1.54) is 295 Å². The Bertz CT molecular complexity index is 2010. The van der Waals surface area contributed by atoms with Crippen molar-refractivity contribution in [2.45, 2.75) is 490 Å². The van der Waals surface area contributed by atoms with Gasteiger partial charge in [-0.25, -0.2) is 9.13 Å². The second-order valence-corrected chi connectivity index (χ2v) is 34.7. The molecule has 0 amide bonds. The Morgan fingerprint density at radius 3 is 0.642 bits per heavy atom. The van der Waals surface area contributed by atoms with E-state index in [2.05, 4.69) is 34.6 Å². The number of phosphoric ester groups is 2. The van der Waals surface area contributed by atoms with Gasteiger partial charge in [0.25, 0.3) is 0 Å². The van der Waals surface area contributed by atoms with Gasteiger partial charge in [-0.05, 0) is 31.6 Å². The molecule has 0 spiro atoms. The van der Waals surface area contributed by atoms with Crippen LogP contribution in [-0.4, -0.2) is 96.7 Å². The molecule has 0 fully saturated rings. The SMILES string of the molecule is CCCCCCCCCCCCCCCCCCCCCCCCC(=O)O[C@H](COC(=O)CCCCCCCCCCCCCCCCCCCCC)COP(=O)(O)OC[C@@H](O)COP(=O)(O)OC[C@@H](COC(=O)CCCCCCCCCCCCCC)OC(=O)CCCCCCCCCCCCC(C)C. The Morgan fingerprint density at radius 2 is 0.434 bits per heavy atom. The van der Waals surface area contributed by atoms with E-state index in [9.17, 15) is 43.2 Å². The van der Waals surface area contributed by atoms with E-state index in [0.29, 0.717) is 25.7 Å². The Morgan fingerprint density at radius 1 is 0.255 bits per heavy atom. The minimum absolute atomic E-state index is 0.107. The largest absolute Gasteiger partial charge is 0.472 e. The first-order valence-electron chi connectivity index (χ1n) is 45.1. The number of hydrogen-bond acceptors (Lipinski definition) is 15. The molecule has 2 unspecified atom stereocenters. The minimum atomic E-state index is -4.97. The summed E-state index contributed by atoms with van der Waals surface area (Å²) >= 11 is 0. The predicted molar refractivity (Wildman–Crippen MR) is 437 cm³/mol. The highest BCUT2D eigenvalue weighted by Gasteiger charge is 2.30. The quantitative estimate of drug-likeness (QED) is 0.0222. The number of phosphoric acid groups is 2. The standard InChI is InChI=1S/C87H170O17P2/c1-6-9-12-15-18-21-24-27-29-31-33-34-35-37-39-41-43-46-52-57-62-67-72-86(91)103-82(76-98-85(90)71-66-61-56-51-45-42-40-38-36-32-30-28-25-22-19-16-13-10-7-2)78-101-105(93,94)99-74-81(88)75-100-106(95,96)102-79-83(77-97-84(89)70-65-60-55-50-44-26-23-20-17-14-11-8-3)104-87(92)73-68-63-58-53-48-47-49-54-59-64-69-80(4)5/h80-83,88H,6-79H2,1-5H3,(H,93,94)(H,95,96)/t81-,82-,83-/m1/s1. The van der Waals surface area contributed by atoms with Crippen LogP contribution in [0.3, 0.4) is 0 Å². The molecule has 19 heteroatoms. The maximum Gasteiger partial charge on any atom is 0.472 e. The van der Waals surface area contributed by atoms with Gasteiger partial charge in [-0.1, -0.05) is 420 Å². The van der Waals surface area contributed by atoms with Crippen LogP contribution in [0, 0.1) is 5.92 Å². The Hall–Kier alpha value is -1.94. The molecule has 0 bridgehead atoms. The fourth-order valence-electron chi connectivity index (χ4n) is 13.6. The van der Waals surface area contributed by atoms with Crippen LogP contribution in [0.15, 0.2) is 0 Å². The van der Waals surface area contributed by atoms with Crippen LogP contribution in [0.1, 0.15) is 471 Å². The van der Waals surface area contributed by atoms with Crippen LogP contribution in [0.4, 0.5) is 0 Å². The zero-order valence-corrected chi connectivity index (χ0v) is 71.4. The monoisotopic (exact) mass is 1550 g/mol. The average molecular weight is 1550 g/mol. The zero-order valence-electron chi connectivity index (χ0n) is 69.6. The lowest BCUT2D eigenvalue weighted by Gasteiger charge is -2.21. The molecule has 0 radical (unpaired) electrons. The Labute approximate surface area is 651 Å². The summed E-state index contributed by atoms with van der Waals surface area (Å²) in [5.74, 6) is -1.35. The van der Waals surface area contributed by atoms with Crippen molar-refractivity contribution in [1.29, 1.82) is 0 Å². The number of carbonyl (C=O) groups excluding carboxylic acids is 4. The van der Waals surface area contributed by atoms with Crippen molar-refractivity contribution in [2.24, 2.45) is 5.92 Å². The maximum absolute atomic E-state index is 13.2. The normalized spacial score (nSPS) is 13.7. The van der Waals surface area contributed by atoms with Crippen molar-refractivity contribution in [2.75, 3.05) is 39.6 Å². The van der Waals surface area contributed by atoms with Gasteiger partial charge in [0.15, 0.2) is 12.2 Å². The summed E-state index contributed by atoms with van der Waals surface area (Å²) in [6.07, 6.45) is 73.7. The molecule has 0 aromatic rings. The number of carbonyl (C=O) groups is 4. The van der Waals surface area contributed by atoms with Gasteiger partial charge in [0.1, 0.15) is 19.3 Å². The van der Waals surface area contributed by atoms with E-state index >= 15 is 0 Å². The van der Waals surface area contributed by atoms with E-state index in [1.807, 2.05) is 0 Å². The Balaban J connectivity index is 5.22. The highest BCUT2D eigenvalue weighted by atomic mass is 31.2. The van der Waals surface area contributed by atoms with Gasteiger partial charge in [0.2, 0.25) is 0 Å². The maximum atomic E-state index is 13.2. The first-order chi connectivity index (χ1) is 51.5. The van der Waals surface area contributed by atoms with Gasteiger partial charge in [-0.2, -0.15) is 0 Å². The third-order valence-corrected chi connectivity index (χ3v) is 22.4. The van der Waals surface area contributed by atoms with Gasteiger partial charge in [0.05, 0.1) is 26.4 Å². The van der Waals surface area contributed by atoms with Gasteiger partial charge in [0, 0.05) is 25.7 Å². The molecule has 0 heterocycles. The molecule has 0 saturated heterocycles. The number of aliphatic hydroxyl groups excluding tert-OH is 1. The highest BCUT2D eigenvalue weighted by molar-refractivity contribution is 7.47. The van der Waals surface area contributed by atoms with Crippen LogP contribution >= 0.6 is 15.6 Å². The minimum Gasteiger partial charge on any atom is -0.462 e. The van der Waals surface area contributed by atoms with Crippen molar-refractivity contribution in [1.82, 2.24) is 0 Å². The van der Waals surface area contributed by atoms with Crippen LogP contribution in [0.2, 0.25) is 0 Å². The lowest BCUT2D eigenvalue weighted by atomic mass is 10.0. The van der Waals surface area contributed by atoms with Crippen LogP contribution in [0.5, 0.6) is 0 Å². The summed E-state index contributed by atoms with van der Waals surface area (Å²) < 4.78 is 68.9. The molecular formula is C87H170O17P2. The number of esters is 4.